The Morgan fingerprint density at radius 2 is 1.67 bits per heavy atom. The van der Waals surface area contributed by atoms with Crippen LogP contribution in [0.3, 0.4) is 0 Å². The minimum atomic E-state index is 0.146. The summed E-state index contributed by atoms with van der Waals surface area (Å²) in [7, 11) is 0. The number of rotatable bonds is 5. The number of phenols is 2. The first-order valence-electron chi connectivity index (χ1n) is 5.66. The van der Waals surface area contributed by atoms with E-state index in [0.29, 0.717) is 5.92 Å². The number of benzene rings is 1. The molecule has 0 aliphatic rings. The molecule has 0 amide bonds. The second-order valence-corrected chi connectivity index (χ2v) is 4.18. The maximum Gasteiger partial charge on any atom is 0.119 e. The first kappa shape index (κ1) is 11.9. The van der Waals surface area contributed by atoms with E-state index < -0.39 is 0 Å². The smallest absolute Gasteiger partial charge is 0.119 e. The predicted octanol–water partition coefficient (Wildman–Crippen LogP) is 3.78. The van der Waals surface area contributed by atoms with E-state index in [0.717, 1.165) is 12.0 Å². The third-order valence-electron chi connectivity index (χ3n) is 2.73. The van der Waals surface area contributed by atoms with Gasteiger partial charge in [0.2, 0.25) is 0 Å². The summed E-state index contributed by atoms with van der Waals surface area (Å²) in [6.07, 6.45) is 4.78. The van der Waals surface area contributed by atoms with Crippen molar-refractivity contribution in [2.45, 2.75) is 45.4 Å². The summed E-state index contributed by atoms with van der Waals surface area (Å²) in [5.74, 6) is 0.689. The molecule has 0 spiro atoms. The first-order chi connectivity index (χ1) is 7.13. The average Bonchev–Trinajstić information content (AvgIpc) is 2.16. The minimum Gasteiger partial charge on any atom is -0.508 e. The number of phenolic OH excluding ortho intramolecular Hbond substituents is 2. The van der Waals surface area contributed by atoms with Gasteiger partial charge in [0.25, 0.3) is 0 Å². The van der Waals surface area contributed by atoms with Crippen LogP contribution in [-0.4, -0.2) is 10.2 Å². The molecule has 0 aliphatic carbocycles. The molecule has 0 aliphatic heterocycles. The Hall–Kier alpha value is -1.18. The Morgan fingerprint density at radius 3 is 2.20 bits per heavy atom. The van der Waals surface area contributed by atoms with Crippen LogP contribution in [0, 0.1) is 0 Å². The molecule has 0 saturated carbocycles. The summed E-state index contributed by atoms with van der Waals surface area (Å²) < 4.78 is 0. The Bertz CT molecular complexity index is 287. The molecular weight excluding hydrogens is 188 g/mol. The van der Waals surface area contributed by atoms with Gasteiger partial charge in [0.15, 0.2) is 0 Å². The molecule has 15 heavy (non-hydrogen) atoms. The molecule has 0 bridgehead atoms. The van der Waals surface area contributed by atoms with E-state index in [2.05, 4.69) is 13.8 Å². The van der Waals surface area contributed by atoms with Crippen molar-refractivity contribution in [1.29, 1.82) is 0 Å². The Kier molecular flexibility index (Phi) is 4.47. The molecule has 0 radical (unpaired) electrons. The van der Waals surface area contributed by atoms with Crippen LogP contribution >= 0.6 is 0 Å². The molecule has 2 N–H and O–H groups in total. The third-order valence-corrected chi connectivity index (χ3v) is 2.73. The van der Waals surface area contributed by atoms with Crippen molar-refractivity contribution in [3.63, 3.8) is 0 Å². The monoisotopic (exact) mass is 208 g/mol. The number of aromatic hydroxyl groups is 2. The molecule has 2 heteroatoms. The maximum atomic E-state index is 9.35. The average molecular weight is 208 g/mol. The highest BCUT2D eigenvalue weighted by molar-refractivity contribution is 5.38. The van der Waals surface area contributed by atoms with E-state index >= 15 is 0 Å². The van der Waals surface area contributed by atoms with Crippen LogP contribution in [0.4, 0.5) is 0 Å². The summed E-state index contributed by atoms with van der Waals surface area (Å²) in [5, 5.41) is 18.7. The topological polar surface area (TPSA) is 40.5 Å². The Morgan fingerprint density at radius 1 is 1.07 bits per heavy atom. The van der Waals surface area contributed by atoms with Crippen LogP contribution in [0.25, 0.3) is 0 Å². The van der Waals surface area contributed by atoms with Crippen molar-refractivity contribution in [1.82, 2.24) is 0 Å². The lowest BCUT2D eigenvalue weighted by Crippen LogP contribution is -1.93. The molecular formula is C13H20O2. The van der Waals surface area contributed by atoms with Gasteiger partial charge in [-0.25, -0.2) is 0 Å². The molecule has 84 valence electrons. The summed E-state index contributed by atoms with van der Waals surface area (Å²) in [5.41, 5.74) is 1.02. The van der Waals surface area contributed by atoms with E-state index in [1.165, 1.54) is 25.3 Å². The Balaban J connectivity index is 2.60. The zero-order valence-electron chi connectivity index (χ0n) is 9.53. The Labute approximate surface area is 91.6 Å². The molecule has 0 heterocycles. The van der Waals surface area contributed by atoms with Crippen molar-refractivity contribution in [3.8, 4) is 11.5 Å². The molecule has 0 aromatic heterocycles. The fourth-order valence-corrected chi connectivity index (χ4v) is 1.77. The molecule has 1 aromatic carbocycles. The van der Waals surface area contributed by atoms with Crippen LogP contribution in [0.1, 0.15) is 51.0 Å². The summed E-state index contributed by atoms with van der Waals surface area (Å²) in [4.78, 5) is 0. The minimum absolute atomic E-state index is 0.146. The summed E-state index contributed by atoms with van der Waals surface area (Å²) >= 11 is 0. The van der Waals surface area contributed by atoms with E-state index in [4.69, 9.17) is 0 Å². The fraction of sp³-hybridized carbons (Fsp3) is 0.538. The van der Waals surface area contributed by atoms with Gasteiger partial charge in [0.1, 0.15) is 11.5 Å². The largest absolute Gasteiger partial charge is 0.508 e. The lowest BCUT2D eigenvalue weighted by molar-refractivity contribution is 0.447. The van der Waals surface area contributed by atoms with Crippen molar-refractivity contribution in [2.24, 2.45) is 0 Å². The molecule has 1 rings (SSSR count). The zero-order valence-corrected chi connectivity index (χ0v) is 9.53. The summed E-state index contributed by atoms with van der Waals surface area (Å²) in [6.45, 7) is 4.31. The highest BCUT2D eigenvalue weighted by atomic mass is 16.3. The lowest BCUT2D eigenvalue weighted by Gasteiger charge is -2.12. The molecule has 1 unspecified atom stereocenters. The number of hydrogen-bond acceptors (Lipinski definition) is 2. The van der Waals surface area contributed by atoms with E-state index in [1.54, 1.807) is 12.1 Å². The number of unbranched alkanes of at least 4 members (excludes halogenated alkanes) is 2. The van der Waals surface area contributed by atoms with Crippen molar-refractivity contribution < 1.29 is 10.2 Å². The van der Waals surface area contributed by atoms with Gasteiger partial charge < -0.3 is 10.2 Å². The second kappa shape index (κ2) is 5.64. The van der Waals surface area contributed by atoms with Gasteiger partial charge in [-0.1, -0.05) is 33.1 Å². The first-order valence-corrected chi connectivity index (χ1v) is 5.66. The van der Waals surface area contributed by atoms with Gasteiger partial charge in [-0.3, -0.25) is 0 Å². The third kappa shape index (κ3) is 3.82. The van der Waals surface area contributed by atoms with Gasteiger partial charge in [0, 0.05) is 6.07 Å². The van der Waals surface area contributed by atoms with Crippen molar-refractivity contribution in [3.05, 3.63) is 23.8 Å². The fourth-order valence-electron chi connectivity index (χ4n) is 1.77. The van der Waals surface area contributed by atoms with Gasteiger partial charge in [0.05, 0.1) is 0 Å². The lowest BCUT2D eigenvalue weighted by atomic mass is 9.95. The normalized spacial score (nSPS) is 12.7. The van der Waals surface area contributed by atoms with Gasteiger partial charge in [-0.2, -0.15) is 0 Å². The van der Waals surface area contributed by atoms with Gasteiger partial charge >= 0.3 is 0 Å². The zero-order chi connectivity index (χ0) is 11.3. The predicted molar refractivity (Wildman–Crippen MR) is 62.3 cm³/mol. The SMILES string of the molecule is CCCCCC(C)c1cc(O)cc(O)c1. The van der Waals surface area contributed by atoms with Crippen LogP contribution in [-0.2, 0) is 0 Å². The second-order valence-electron chi connectivity index (χ2n) is 4.18. The van der Waals surface area contributed by atoms with E-state index in [-0.39, 0.29) is 11.5 Å². The number of hydrogen-bond donors (Lipinski definition) is 2. The van der Waals surface area contributed by atoms with Crippen molar-refractivity contribution >= 4 is 0 Å². The van der Waals surface area contributed by atoms with Gasteiger partial charge in [-0.15, -0.1) is 0 Å². The highest BCUT2D eigenvalue weighted by Gasteiger charge is 2.07. The molecule has 2 nitrogen and oxygen atoms in total. The van der Waals surface area contributed by atoms with Crippen LogP contribution in [0.15, 0.2) is 18.2 Å². The standard InChI is InChI=1S/C13H20O2/c1-3-4-5-6-10(2)11-7-12(14)9-13(15)8-11/h7-10,14-15H,3-6H2,1-2H3. The maximum absolute atomic E-state index is 9.35. The highest BCUT2D eigenvalue weighted by Crippen LogP contribution is 2.28. The molecule has 0 fully saturated rings. The van der Waals surface area contributed by atoms with E-state index in [9.17, 15) is 10.2 Å². The molecule has 0 saturated heterocycles. The summed E-state index contributed by atoms with van der Waals surface area (Å²) in [6, 6.07) is 4.83. The quantitative estimate of drug-likeness (QED) is 0.723. The van der Waals surface area contributed by atoms with Crippen LogP contribution < -0.4 is 0 Å². The van der Waals surface area contributed by atoms with Crippen LogP contribution in [0.5, 0.6) is 11.5 Å². The molecule has 1 atom stereocenters. The van der Waals surface area contributed by atoms with Crippen LogP contribution in [0.2, 0.25) is 0 Å². The van der Waals surface area contributed by atoms with Gasteiger partial charge in [-0.05, 0) is 30.0 Å². The van der Waals surface area contributed by atoms with Crippen molar-refractivity contribution in [2.75, 3.05) is 0 Å². The van der Waals surface area contributed by atoms with E-state index in [1.807, 2.05) is 0 Å². The molecule has 1 aromatic rings.